The summed E-state index contributed by atoms with van der Waals surface area (Å²) in [5.41, 5.74) is -0.229. The van der Waals surface area contributed by atoms with Crippen LogP contribution in [0.15, 0.2) is 64.4 Å². The lowest BCUT2D eigenvalue weighted by Gasteiger charge is -2.16. The molecule has 7 heteroatoms. The van der Waals surface area contributed by atoms with Gasteiger partial charge in [-0.15, -0.1) is 0 Å². The third kappa shape index (κ3) is 3.08. The largest absolute Gasteiger partial charge is 0.467 e. The second-order valence-electron chi connectivity index (χ2n) is 5.07. The molecule has 0 unspecified atom stereocenters. The molecule has 0 saturated carbocycles. The first-order chi connectivity index (χ1) is 11.2. The molecule has 118 valence electrons. The molecule has 3 heterocycles. The highest BCUT2D eigenvalue weighted by Crippen LogP contribution is 2.17. The molecule has 3 rings (SSSR count). The van der Waals surface area contributed by atoms with Crippen molar-refractivity contribution in [3.63, 3.8) is 0 Å². The number of carbonyl (C=O) groups excluding carboxylic acids is 1. The predicted octanol–water partition coefficient (Wildman–Crippen LogP) is 1.19. The van der Waals surface area contributed by atoms with E-state index in [4.69, 9.17) is 4.42 Å². The third-order valence-corrected chi connectivity index (χ3v) is 3.54. The van der Waals surface area contributed by atoms with E-state index in [2.05, 4.69) is 10.4 Å². The quantitative estimate of drug-likeness (QED) is 0.767. The highest BCUT2D eigenvalue weighted by atomic mass is 16.3. The van der Waals surface area contributed by atoms with Gasteiger partial charge in [-0.05, 0) is 30.3 Å². The van der Waals surface area contributed by atoms with E-state index in [-0.39, 0.29) is 23.7 Å². The molecule has 0 bridgehead atoms. The molecule has 0 aliphatic rings. The highest BCUT2D eigenvalue weighted by molar-refractivity contribution is 5.93. The zero-order valence-corrected chi connectivity index (χ0v) is 12.5. The molecule has 0 fully saturated rings. The van der Waals surface area contributed by atoms with Gasteiger partial charge in [0.15, 0.2) is 0 Å². The fourth-order valence-corrected chi connectivity index (χ4v) is 2.33. The topological polar surface area (TPSA) is 82.1 Å². The second-order valence-corrected chi connectivity index (χ2v) is 5.07. The molecule has 0 aromatic carbocycles. The second kappa shape index (κ2) is 6.35. The maximum atomic E-state index is 12.3. The first kappa shape index (κ1) is 14.8. The summed E-state index contributed by atoms with van der Waals surface area (Å²) >= 11 is 0. The number of aromatic nitrogens is 3. The lowest BCUT2D eigenvalue weighted by molar-refractivity contribution is 0.0946. The van der Waals surface area contributed by atoms with Crippen LogP contribution in [0.5, 0.6) is 0 Å². The molecule has 1 atom stereocenters. The van der Waals surface area contributed by atoms with E-state index < -0.39 is 5.91 Å². The Hall–Kier alpha value is -3.09. The van der Waals surface area contributed by atoms with Crippen LogP contribution in [0.25, 0.3) is 0 Å². The summed E-state index contributed by atoms with van der Waals surface area (Å²) in [6, 6.07) is 8.28. The molecule has 1 N–H and O–H groups in total. The van der Waals surface area contributed by atoms with Crippen LogP contribution in [0, 0.1) is 0 Å². The van der Waals surface area contributed by atoms with Gasteiger partial charge in [0.2, 0.25) is 0 Å². The van der Waals surface area contributed by atoms with Gasteiger partial charge >= 0.3 is 0 Å². The van der Waals surface area contributed by atoms with Crippen molar-refractivity contribution in [3.05, 3.63) is 76.9 Å². The fourth-order valence-electron chi connectivity index (χ4n) is 2.33. The molecule has 1 amide bonds. The Bertz CT molecular complexity index is 800. The molecule has 7 nitrogen and oxygen atoms in total. The number of carbonyl (C=O) groups is 1. The van der Waals surface area contributed by atoms with Crippen molar-refractivity contribution < 1.29 is 9.21 Å². The monoisotopic (exact) mass is 312 g/mol. The number of pyridine rings is 1. The van der Waals surface area contributed by atoms with Gasteiger partial charge in [-0.2, -0.15) is 5.10 Å². The number of hydrogen-bond donors (Lipinski definition) is 1. The zero-order chi connectivity index (χ0) is 16.2. The Labute approximate surface area is 132 Å². The summed E-state index contributed by atoms with van der Waals surface area (Å²) in [6.07, 6.45) is 6.63. The third-order valence-electron chi connectivity index (χ3n) is 3.54. The number of nitrogens with one attached hydrogen (secondary N) is 1. The smallest absolute Gasteiger partial charge is 0.263 e. The standard InChI is InChI=1S/C16H16N4O3/c1-19-8-2-5-12(16(19)22)15(21)17-11-13(14-6-3-10-23-14)20-9-4-7-18-20/h2-10,13H,11H2,1H3,(H,17,21)/t13-/m1/s1. The van der Waals surface area contributed by atoms with Crippen LogP contribution < -0.4 is 10.9 Å². The Morgan fingerprint density at radius 2 is 2.17 bits per heavy atom. The number of amides is 1. The first-order valence-corrected chi connectivity index (χ1v) is 7.13. The van der Waals surface area contributed by atoms with Crippen molar-refractivity contribution in [2.75, 3.05) is 6.54 Å². The van der Waals surface area contributed by atoms with Crippen LogP contribution in [0.4, 0.5) is 0 Å². The van der Waals surface area contributed by atoms with Gasteiger partial charge in [0.05, 0.1) is 6.26 Å². The average Bonchev–Trinajstić information content (AvgIpc) is 3.24. The minimum Gasteiger partial charge on any atom is -0.467 e. The predicted molar refractivity (Wildman–Crippen MR) is 83.1 cm³/mol. The summed E-state index contributed by atoms with van der Waals surface area (Å²) in [6.45, 7) is 0.256. The number of aryl methyl sites for hydroxylation is 1. The van der Waals surface area contributed by atoms with Crippen molar-refractivity contribution in [1.82, 2.24) is 19.7 Å². The summed E-state index contributed by atoms with van der Waals surface area (Å²) in [5, 5.41) is 6.96. The highest BCUT2D eigenvalue weighted by Gasteiger charge is 2.19. The molecule has 3 aromatic rings. The lowest BCUT2D eigenvalue weighted by Crippen LogP contribution is -2.35. The van der Waals surface area contributed by atoms with Gasteiger partial charge in [0.25, 0.3) is 11.5 Å². The van der Waals surface area contributed by atoms with Crippen LogP contribution in [0.3, 0.4) is 0 Å². The van der Waals surface area contributed by atoms with E-state index in [1.165, 1.54) is 10.6 Å². The molecule has 0 saturated heterocycles. The maximum Gasteiger partial charge on any atom is 0.263 e. The molecule has 0 radical (unpaired) electrons. The van der Waals surface area contributed by atoms with Crippen molar-refractivity contribution in [2.24, 2.45) is 7.05 Å². The van der Waals surface area contributed by atoms with Gasteiger partial charge in [-0.3, -0.25) is 14.3 Å². The minimum atomic E-state index is -0.421. The molecule has 0 spiro atoms. The molecule has 0 aliphatic heterocycles. The Kier molecular flexibility index (Phi) is 4.09. The number of hydrogen-bond acceptors (Lipinski definition) is 4. The van der Waals surface area contributed by atoms with Gasteiger partial charge < -0.3 is 14.3 Å². The summed E-state index contributed by atoms with van der Waals surface area (Å²) in [7, 11) is 1.61. The number of nitrogens with zero attached hydrogens (tertiary/aromatic N) is 3. The van der Waals surface area contributed by atoms with Crippen molar-refractivity contribution in [3.8, 4) is 0 Å². The van der Waals surface area contributed by atoms with E-state index in [9.17, 15) is 9.59 Å². The summed E-state index contributed by atoms with van der Waals surface area (Å²) in [5.74, 6) is 0.255. The van der Waals surface area contributed by atoms with Gasteiger partial charge in [0.1, 0.15) is 17.4 Å². The van der Waals surface area contributed by atoms with Crippen molar-refractivity contribution in [2.45, 2.75) is 6.04 Å². The normalized spacial score (nSPS) is 12.0. The van der Waals surface area contributed by atoms with E-state index in [0.717, 1.165) is 0 Å². The van der Waals surface area contributed by atoms with Gasteiger partial charge in [0, 0.05) is 32.2 Å². The van der Waals surface area contributed by atoms with Crippen LogP contribution >= 0.6 is 0 Å². The van der Waals surface area contributed by atoms with Crippen LogP contribution in [-0.4, -0.2) is 26.8 Å². The Morgan fingerprint density at radius 1 is 1.30 bits per heavy atom. The van der Waals surface area contributed by atoms with E-state index in [0.29, 0.717) is 5.76 Å². The van der Waals surface area contributed by atoms with Gasteiger partial charge in [-0.1, -0.05) is 0 Å². The Morgan fingerprint density at radius 3 is 2.87 bits per heavy atom. The lowest BCUT2D eigenvalue weighted by atomic mass is 10.2. The minimum absolute atomic E-state index is 0.105. The Balaban J connectivity index is 1.78. The molecule has 23 heavy (non-hydrogen) atoms. The molecule has 0 aliphatic carbocycles. The van der Waals surface area contributed by atoms with Crippen LogP contribution in [-0.2, 0) is 7.05 Å². The molecular formula is C16H16N4O3. The van der Waals surface area contributed by atoms with E-state index >= 15 is 0 Å². The number of furan rings is 1. The summed E-state index contributed by atoms with van der Waals surface area (Å²) < 4.78 is 8.49. The summed E-state index contributed by atoms with van der Waals surface area (Å²) in [4.78, 5) is 24.3. The van der Waals surface area contributed by atoms with Crippen LogP contribution in [0.2, 0.25) is 0 Å². The zero-order valence-electron chi connectivity index (χ0n) is 12.5. The maximum absolute atomic E-state index is 12.3. The van der Waals surface area contributed by atoms with Crippen molar-refractivity contribution in [1.29, 1.82) is 0 Å². The SMILES string of the molecule is Cn1cccc(C(=O)NC[C@H](c2ccco2)n2cccn2)c1=O. The fraction of sp³-hybridized carbons (Fsp3) is 0.188. The van der Waals surface area contributed by atoms with Crippen molar-refractivity contribution >= 4 is 5.91 Å². The first-order valence-electron chi connectivity index (χ1n) is 7.13. The molecular weight excluding hydrogens is 296 g/mol. The van der Waals surface area contributed by atoms with Crippen LogP contribution in [0.1, 0.15) is 22.2 Å². The van der Waals surface area contributed by atoms with E-state index in [1.54, 1.807) is 54.8 Å². The average molecular weight is 312 g/mol. The molecule has 3 aromatic heterocycles. The van der Waals surface area contributed by atoms with E-state index in [1.807, 2.05) is 6.07 Å². The number of rotatable bonds is 5. The van der Waals surface area contributed by atoms with Gasteiger partial charge in [-0.25, -0.2) is 0 Å².